The number of rotatable bonds is 4. The molecule has 0 heterocycles. The van der Waals surface area contributed by atoms with Crippen molar-refractivity contribution in [1.29, 1.82) is 0 Å². The topological polar surface area (TPSA) is 9.23 Å². The van der Waals surface area contributed by atoms with Gasteiger partial charge in [0.05, 0.1) is 13.2 Å². The molecular formula is C20H26O. The van der Waals surface area contributed by atoms with Crippen molar-refractivity contribution in [2.75, 3.05) is 0 Å². The van der Waals surface area contributed by atoms with Gasteiger partial charge in [-0.25, -0.2) is 0 Å². The van der Waals surface area contributed by atoms with E-state index in [1.54, 1.807) is 0 Å². The molecule has 0 N–H and O–H groups in total. The maximum atomic E-state index is 5.96. The van der Waals surface area contributed by atoms with Crippen molar-refractivity contribution in [2.24, 2.45) is 0 Å². The Kier molecular flexibility index (Phi) is 4.84. The molecule has 0 saturated carbocycles. The molecule has 0 aromatic heterocycles. The molecule has 0 fully saturated rings. The molecule has 2 aromatic rings. The molecule has 0 saturated heterocycles. The van der Waals surface area contributed by atoms with E-state index >= 15 is 0 Å². The van der Waals surface area contributed by atoms with Gasteiger partial charge in [-0.1, -0.05) is 24.3 Å². The maximum absolute atomic E-state index is 5.96. The molecule has 0 aliphatic heterocycles. The van der Waals surface area contributed by atoms with Crippen molar-refractivity contribution in [3.8, 4) is 0 Å². The molecule has 21 heavy (non-hydrogen) atoms. The normalized spacial score (nSPS) is 11.0. The first-order valence-electron chi connectivity index (χ1n) is 7.59. The minimum absolute atomic E-state index is 0.680. The lowest BCUT2D eigenvalue weighted by molar-refractivity contribution is 0.106. The van der Waals surface area contributed by atoms with E-state index in [4.69, 9.17) is 4.74 Å². The van der Waals surface area contributed by atoms with Crippen LogP contribution in [-0.4, -0.2) is 0 Å². The Morgan fingerprint density at radius 1 is 0.524 bits per heavy atom. The summed E-state index contributed by atoms with van der Waals surface area (Å²) in [6, 6.07) is 8.99. The van der Waals surface area contributed by atoms with Gasteiger partial charge in [0.1, 0.15) is 0 Å². The van der Waals surface area contributed by atoms with Gasteiger partial charge in [-0.3, -0.25) is 0 Å². The Morgan fingerprint density at radius 3 is 1.24 bits per heavy atom. The van der Waals surface area contributed by atoms with Gasteiger partial charge in [-0.2, -0.15) is 0 Å². The van der Waals surface area contributed by atoms with Crippen molar-refractivity contribution < 1.29 is 4.74 Å². The Hall–Kier alpha value is -1.60. The minimum atomic E-state index is 0.680. The summed E-state index contributed by atoms with van der Waals surface area (Å²) in [6.45, 7) is 14.3. The zero-order valence-corrected chi connectivity index (χ0v) is 14.1. The molecule has 0 bridgehead atoms. The third-order valence-corrected chi connectivity index (χ3v) is 4.42. The zero-order chi connectivity index (χ0) is 15.6. The second-order valence-corrected chi connectivity index (χ2v) is 6.22. The molecule has 0 aliphatic carbocycles. The average molecular weight is 282 g/mol. The van der Waals surface area contributed by atoms with Crippen LogP contribution >= 0.6 is 0 Å². The van der Waals surface area contributed by atoms with Crippen LogP contribution in [0.3, 0.4) is 0 Å². The summed E-state index contributed by atoms with van der Waals surface area (Å²) in [6.07, 6.45) is 0. The molecule has 0 radical (unpaired) electrons. The molecule has 0 atom stereocenters. The van der Waals surface area contributed by atoms with Gasteiger partial charge >= 0.3 is 0 Å². The van der Waals surface area contributed by atoms with E-state index in [9.17, 15) is 0 Å². The van der Waals surface area contributed by atoms with E-state index in [0.29, 0.717) is 13.2 Å². The number of ether oxygens (including phenoxy) is 1. The molecule has 1 heteroatoms. The Labute approximate surface area is 129 Å². The summed E-state index contributed by atoms with van der Waals surface area (Å²) in [5.41, 5.74) is 10.6. The zero-order valence-electron chi connectivity index (χ0n) is 14.1. The van der Waals surface area contributed by atoms with Crippen molar-refractivity contribution in [3.05, 3.63) is 68.8 Å². The molecule has 0 aliphatic rings. The monoisotopic (exact) mass is 282 g/mol. The van der Waals surface area contributed by atoms with E-state index in [1.807, 2.05) is 0 Å². The smallest absolute Gasteiger partial charge is 0.0724 e. The quantitative estimate of drug-likeness (QED) is 0.744. The van der Waals surface area contributed by atoms with E-state index in [-0.39, 0.29) is 0 Å². The van der Waals surface area contributed by atoms with Gasteiger partial charge in [0.15, 0.2) is 0 Å². The first kappa shape index (κ1) is 15.8. The van der Waals surface area contributed by atoms with Crippen LogP contribution in [0, 0.1) is 41.5 Å². The molecule has 0 amide bonds. The number of hydrogen-bond donors (Lipinski definition) is 0. The van der Waals surface area contributed by atoms with Crippen molar-refractivity contribution in [1.82, 2.24) is 0 Å². The first-order chi connectivity index (χ1) is 9.88. The average Bonchev–Trinajstić information content (AvgIpc) is 2.41. The van der Waals surface area contributed by atoms with Gasteiger partial charge in [0, 0.05) is 0 Å². The second kappa shape index (κ2) is 6.44. The molecule has 1 nitrogen and oxygen atoms in total. The second-order valence-electron chi connectivity index (χ2n) is 6.22. The van der Waals surface area contributed by atoms with Crippen LogP contribution in [0.25, 0.3) is 0 Å². The summed E-state index contributed by atoms with van der Waals surface area (Å²) >= 11 is 0. The highest BCUT2D eigenvalue weighted by molar-refractivity contribution is 5.37. The standard InChI is InChI=1S/C20H26O/c1-13-7-17(5)19(9-15(13)3)11-21-12-20-10-16(4)14(2)8-18(20)6/h7-10H,11-12H2,1-6H3. The van der Waals surface area contributed by atoms with Crippen LogP contribution in [0.1, 0.15) is 44.5 Å². The van der Waals surface area contributed by atoms with Crippen molar-refractivity contribution in [3.63, 3.8) is 0 Å². The van der Waals surface area contributed by atoms with Crippen LogP contribution in [0.15, 0.2) is 24.3 Å². The lowest BCUT2D eigenvalue weighted by atomic mass is 10.0. The third-order valence-electron chi connectivity index (χ3n) is 4.42. The summed E-state index contributed by atoms with van der Waals surface area (Å²) in [4.78, 5) is 0. The van der Waals surface area contributed by atoms with Crippen LogP contribution < -0.4 is 0 Å². The maximum Gasteiger partial charge on any atom is 0.0724 e. The molecule has 112 valence electrons. The molecule has 2 aromatic carbocycles. The van der Waals surface area contributed by atoms with Crippen molar-refractivity contribution >= 4 is 0 Å². The Morgan fingerprint density at radius 2 is 0.857 bits per heavy atom. The summed E-state index contributed by atoms with van der Waals surface area (Å²) < 4.78 is 5.96. The van der Waals surface area contributed by atoms with Gasteiger partial charge in [-0.15, -0.1) is 0 Å². The summed E-state index contributed by atoms with van der Waals surface area (Å²) in [7, 11) is 0. The SMILES string of the molecule is Cc1cc(C)c(COCc2cc(C)c(C)cc2C)cc1C. The van der Waals surface area contributed by atoms with Gasteiger partial charge in [-0.05, 0) is 86.1 Å². The lowest BCUT2D eigenvalue weighted by Gasteiger charge is -2.13. The Bertz CT molecular complexity index is 596. The minimum Gasteiger partial charge on any atom is -0.372 e. The van der Waals surface area contributed by atoms with E-state index in [0.717, 1.165) is 0 Å². The number of aryl methyl sites for hydroxylation is 6. The highest BCUT2D eigenvalue weighted by atomic mass is 16.5. The predicted molar refractivity (Wildman–Crippen MR) is 89.8 cm³/mol. The van der Waals surface area contributed by atoms with Crippen LogP contribution in [-0.2, 0) is 18.0 Å². The highest BCUT2D eigenvalue weighted by Gasteiger charge is 2.05. The molecule has 0 spiro atoms. The summed E-state index contributed by atoms with van der Waals surface area (Å²) in [5, 5.41) is 0. The van der Waals surface area contributed by atoms with Crippen LogP contribution in [0.5, 0.6) is 0 Å². The largest absolute Gasteiger partial charge is 0.372 e. The fourth-order valence-electron chi connectivity index (χ4n) is 2.62. The van der Waals surface area contributed by atoms with Gasteiger partial charge in [0.25, 0.3) is 0 Å². The predicted octanol–water partition coefficient (Wildman–Crippen LogP) is 5.25. The van der Waals surface area contributed by atoms with E-state index in [1.165, 1.54) is 44.5 Å². The molecular weight excluding hydrogens is 256 g/mol. The van der Waals surface area contributed by atoms with E-state index in [2.05, 4.69) is 65.8 Å². The van der Waals surface area contributed by atoms with E-state index < -0.39 is 0 Å². The fraction of sp³-hybridized carbons (Fsp3) is 0.400. The van der Waals surface area contributed by atoms with Crippen LogP contribution in [0.4, 0.5) is 0 Å². The molecule has 2 rings (SSSR count). The highest BCUT2D eigenvalue weighted by Crippen LogP contribution is 2.19. The fourth-order valence-corrected chi connectivity index (χ4v) is 2.62. The number of hydrogen-bond acceptors (Lipinski definition) is 1. The van der Waals surface area contributed by atoms with Gasteiger partial charge in [0.2, 0.25) is 0 Å². The first-order valence-corrected chi connectivity index (χ1v) is 7.59. The van der Waals surface area contributed by atoms with Crippen molar-refractivity contribution in [2.45, 2.75) is 54.8 Å². The number of benzene rings is 2. The molecule has 0 unspecified atom stereocenters. The lowest BCUT2D eigenvalue weighted by Crippen LogP contribution is -2.00. The van der Waals surface area contributed by atoms with Gasteiger partial charge < -0.3 is 4.74 Å². The summed E-state index contributed by atoms with van der Waals surface area (Å²) in [5.74, 6) is 0. The Balaban J connectivity index is 2.05. The van der Waals surface area contributed by atoms with Crippen LogP contribution in [0.2, 0.25) is 0 Å². The third kappa shape index (κ3) is 3.74.